The monoisotopic (exact) mass is 524 g/mol. The van der Waals surface area contributed by atoms with Gasteiger partial charge in [0.15, 0.2) is 5.96 Å². The average Bonchev–Trinajstić information content (AvgIpc) is 2.64. The van der Waals surface area contributed by atoms with E-state index >= 15 is 0 Å². The Hall–Kier alpha value is -0.650. The highest BCUT2D eigenvalue weighted by atomic mass is 127. The number of amides is 1. The molecule has 0 spiro atoms. The number of hydrogen-bond acceptors (Lipinski definition) is 5. The maximum absolute atomic E-state index is 12.0. The molecule has 0 aromatic carbocycles. The van der Waals surface area contributed by atoms with Crippen molar-refractivity contribution in [3.63, 3.8) is 0 Å². The summed E-state index contributed by atoms with van der Waals surface area (Å²) in [6.07, 6.45) is 3.19. The zero-order valence-corrected chi connectivity index (χ0v) is 20.7. The largest absolute Gasteiger partial charge is 0.379 e. The maximum Gasteiger partial charge on any atom is 0.234 e. The number of aliphatic imine (C=N–C) groups is 1. The molecule has 4 N–H and O–H groups in total. The number of morpholine rings is 1. The third kappa shape index (κ3) is 12.0. The zero-order chi connectivity index (χ0) is 20.4. The molecule has 0 aromatic heterocycles. The normalized spacial score (nSPS) is 20.2. The molecule has 2 heterocycles. The molecule has 170 valence electrons. The molecular formula is C20H41IN6O2. The fourth-order valence-corrected chi connectivity index (χ4v) is 3.62. The summed E-state index contributed by atoms with van der Waals surface area (Å²) in [5.41, 5.74) is 5.83. The number of ether oxygens (including phenoxy) is 1. The summed E-state index contributed by atoms with van der Waals surface area (Å²) >= 11 is 0. The summed E-state index contributed by atoms with van der Waals surface area (Å²) in [5.74, 6) is 1.21. The van der Waals surface area contributed by atoms with Crippen LogP contribution in [0.3, 0.4) is 0 Å². The van der Waals surface area contributed by atoms with E-state index in [4.69, 9.17) is 10.5 Å². The molecule has 29 heavy (non-hydrogen) atoms. The Bertz CT molecular complexity index is 498. The second kappa shape index (κ2) is 13.6. The summed E-state index contributed by atoms with van der Waals surface area (Å²) in [4.78, 5) is 21.2. The van der Waals surface area contributed by atoms with Gasteiger partial charge >= 0.3 is 0 Å². The Kier molecular flexibility index (Phi) is 12.4. The number of nitrogens with two attached hydrogens (primary N) is 1. The van der Waals surface area contributed by atoms with E-state index in [1.807, 2.05) is 20.8 Å². The van der Waals surface area contributed by atoms with Gasteiger partial charge in [0.1, 0.15) is 0 Å². The van der Waals surface area contributed by atoms with Gasteiger partial charge in [-0.25, -0.2) is 0 Å². The van der Waals surface area contributed by atoms with Crippen LogP contribution in [0.5, 0.6) is 0 Å². The van der Waals surface area contributed by atoms with Crippen molar-refractivity contribution in [2.75, 3.05) is 65.6 Å². The van der Waals surface area contributed by atoms with E-state index < -0.39 is 0 Å². The van der Waals surface area contributed by atoms with Gasteiger partial charge in [-0.3, -0.25) is 19.6 Å². The Morgan fingerprint density at radius 1 is 1.14 bits per heavy atom. The molecule has 9 heteroatoms. The van der Waals surface area contributed by atoms with Crippen LogP contribution in [0.25, 0.3) is 0 Å². The SMILES string of the molecule is CC(C)(C)NC(=O)CN1CCC(CN=C(N)NCCCN2CCOCC2)CC1.I. The van der Waals surface area contributed by atoms with E-state index in [9.17, 15) is 4.79 Å². The molecule has 1 amide bonds. The van der Waals surface area contributed by atoms with Crippen LogP contribution >= 0.6 is 24.0 Å². The first kappa shape index (κ1) is 26.4. The highest BCUT2D eigenvalue weighted by molar-refractivity contribution is 14.0. The highest BCUT2D eigenvalue weighted by Crippen LogP contribution is 2.17. The van der Waals surface area contributed by atoms with Gasteiger partial charge in [0, 0.05) is 31.7 Å². The molecular weight excluding hydrogens is 483 g/mol. The summed E-state index contributed by atoms with van der Waals surface area (Å²) in [6.45, 7) is 14.9. The predicted octanol–water partition coefficient (Wildman–Crippen LogP) is 0.858. The molecule has 0 aromatic rings. The third-order valence-electron chi connectivity index (χ3n) is 5.17. The molecule has 0 unspecified atom stereocenters. The van der Waals surface area contributed by atoms with Crippen LogP contribution in [0.1, 0.15) is 40.0 Å². The molecule has 2 fully saturated rings. The maximum atomic E-state index is 12.0. The van der Waals surface area contributed by atoms with Crippen LogP contribution < -0.4 is 16.4 Å². The van der Waals surface area contributed by atoms with Gasteiger partial charge in [-0.15, -0.1) is 24.0 Å². The lowest BCUT2D eigenvalue weighted by atomic mass is 9.97. The number of piperidine rings is 1. The van der Waals surface area contributed by atoms with Crippen LogP contribution in [0, 0.1) is 5.92 Å². The number of carbonyl (C=O) groups excluding carboxylic acids is 1. The minimum Gasteiger partial charge on any atom is -0.379 e. The van der Waals surface area contributed by atoms with Crippen molar-refractivity contribution in [3.8, 4) is 0 Å². The first-order valence-corrected chi connectivity index (χ1v) is 10.7. The van der Waals surface area contributed by atoms with Gasteiger partial charge in [-0.05, 0) is 65.6 Å². The van der Waals surface area contributed by atoms with Crippen molar-refractivity contribution < 1.29 is 9.53 Å². The molecule has 0 radical (unpaired) electrons. The molecule has 2 aliphatic rings. The van der Waals surface area contributed by atoms with Crippen molar-refractivity contribution in [3.05, 3.63) is 0 Å². The van der Waals surface area contributed by atoms with E-state index in [1.165, 1.54) is 0 Å². The predicted molar refractivity (Wildman–Crippen MR) is 129 cm³/mol. The number of nitrogens with one attached hydrogen (secondary N) is 2. The molecule has 2 saturated heterocycles. The quantitative estimate of drug-likeness (QED) is 0.189. The minimum absolute atomic E-state index is 0. The number of guanidine groups is 1. The Morgan fingerprint density at radius 2 is 1.79 bits per heavy atom. The Balaban J connectivity index is 0.00000420. The van der Waals surface area contributed by atoms with Crippen LogP contribution in [0.2, 0.25) is 0 Å². The molecule has 0 aliphatic carbocycles. The molecule has 0 bridgehead atoms. The first-order valence-electron chi connectivity index (χ1n) is 10.7. The summed E-state index contributed by atoms with van der Waals surface area (Å²) in [6, 6.07) is 0. The topological polar surface area (TPSA) is 95.2 Å². The Morgan fingerprint density at radius 3 is 2.41 bits per heavy atom. The number of halogens is 1. The lowest BCUT2D eigenvalue weighted by Crippen LogP contribution is -2.47. The number of carbonyl (C=O) groups is 1. The highest BCUT2D eigenvalue weighted by Gasteiger charge is 2.22. The molecule has 2 aliphatic heterocycles. The standard InChI is InChI=1S/C20H40N6O2.HI/c1-20(2,3)24-18(27)16-26-9-5-17(6-10-26)15-23-19(21)22-7-4-8-25-11-13-28-14-12-25;/h17H,4-16H2,1-3H3,(H,24,27)(H3,21,22,23);1H. The minimum atomic E-state index is -0.170. The molecule has 2 rings (SSSR count). The number of hydrogen-bond donors (Lipinski definition) is 3. The van der Waals surface area contributed by atoms with Crippen molar-refractivity contribution in [1.82, 2.24) is 20.4 Å². The van der Waals surface area contributed by atoms with Gasteiger partial charge in [0.25, 0.3) is 0 Å². The van der Waals surface area contributed by atoms with Crippen LogP contribution in [-0.4, -0.2) is 92.8 Å². The van der Waals surface area contributed by atoms with E-state index in [0.29, 0.717) is 18.4 Å². The molecule has 8 nitrogen and oxygen atoms in total. The molecule has 0 atom stereocenters. The molecule has 0 saturated carbocycles. The van der Waals surface area contributed by atoms with Gasteiger partial charge in [0.05, 0.1) is 19.8 Å². The lowest BCUT2D eigenvalue weighted by molar-refractivity contribution is -0.124. The summed E-state index contributed by atoms with van der Waals surface area (Å²) in [5, 5.41) is 6.25. The Labute approximate surface area is 193 Å². The van der Waals surface area contributed by atoms with Gasteiger partial charge < -0.3 is 21.1 Å². The number of nitrogens with zero attached hydrogens (tertiary/aromatic N) is 3. The van der Waals surface area contributed by atoms with E-state index in [2.05, 4.69) is 25.4 Å². The van der Waals surface area contributed by atoms with Gasteiger partial charge in [-0.1, -0.05) is 0 Å². The second-order valence-corrected chi connectivity index (χ2v) is 8.98. The smallest absolute Gasteiger partial charge is 0.234 e. The summed E-state index contributed by atoms with van der Waals surface area (Å²) in [7, 11) is 0. The van der Waals surface area contributed by atoms with Crippen LogP contribution in [-0.2, 0) is 9.53 Å². The van der Waals surface area contributed by atoms with Crippen molar-refractivity contribution in [2.45, 2.75) is 45.6 Å². The van der Waals surface area contributed by atoms with E-state index in [1.54, 1.807) is 0 Å². The number of likely N-dealkylation sites (tertiary alicyclic amines) is 1. The third-order valence-corrected chi connectivity index (χ3v) is 5.17. The van der Waals surface area contributed by atoms with E-state index in [-0.39, 0.29) is 35.4 Å². The van der Waals surface area contributed by atoms with Gasteiger partial charge in [-0.2, -0.15) is 0 Å². The average molecular weight is 524 g/mol. The van der Waals surface area contributed by atoms with Crippen molar-refractivity contribution in [1.29, 1.82) is 0 Å². The first-order chi connectivity index (χ1) is 13.3. The lowest BCUT2D eigenvalue weighted by Gasteiger charge is -2.31. The fraction of sp³-hybridized carbons (Fsp3) is 0.900. The van der Waals surface area contributed by atoms with Crippen molar-refractivity contribution >= 4 is 35.8 Å². The summed E-state index contributed by atoms with van der Waals surface area (Å²) < 4.78 is 5.36. The van der Waals surface area contributed by atoms with Crippen LogP contribution in [0.4, 0.5) is 0 Å². The van der Waals surface area contributed by atoms with Crippen molar-refractivity contribution in [2.24, 2.45) is 16.6 Å². The number of rotatable bonds is 8. The van der Waals surface area contributed by atoms with Crippen LogP contribution in [0.15, 0.2) is 4.99 Å². The second-order valence-electron chi connectivity index (χ2n) is 8.98. The fourth-order valence-electron chi connectivity index (χ4n) is 3.62. The zero-order valence-electron chi connectivity index (χ0n) is 18.4. The van der Waals surface area contributed by atoms with Gasteiger partial charge in [0.2, 0.25) is 5.91 Å². The van der Waals surface area contributed by atoms with E-state index in [0.717, 1.165) is 78.3 Å².